The van der Waals surface area contributed by atoms with E-state index in [1.807, 2.05) is 12.2 Å². The van der Waals surface area contributed by atoms with Crippen molar-refractivity contribution in [2.24, 2.45) is 0 Å². The lowest BCUT2D eigenvalue weighted by Gasteiger charge is -2.23. The first-order valence-corrected chi connectivity index (χ1v) is 22.6. The third-order valence-corrected chi connectivity index (χ3v) is 13.7. The number of carbonyl (C=O) groups excluding carboxylic acids is 1. The van der Waals surface area contributed by atoms with E-state index in [1.165, 1.54) is 22.3 Å². The first-order chi connectivity index (χ1) is 28.0. The first-order valence-electron chi connectivity index (χ1n) is 21.0. The maximum atomic E-state index is 14.0. The van der Waals surface area contributed by atoms with Gasteiger partial charge in [0.05, 0.1) is 11.1 Å². The summed E-state index contributed by atoms with van der Waals surface area (Å²) in [4.78, 5) is 18.4. The number of rotatable bonds is 6. The molecular weight excluding hydrogens is 769 g/mol. The van der Waals surface area contributed by atoms with E-state index < -0.39 is 0 Å². The summed E-state index contributed by atoms with van der Waals surface area (Å²) >= 11 is 3.47. The van der Waals surface area contributed by atoms with Crippen molar-refractivity contribution in [3.63, 3.8) is 0 Å². The Morgan fingerprint density at radius 3 is 1.13 bits per heavy atom. The van der Waals surface area contributed by atoms with Crippen LogP contribution in [0.3, 0.4) is 0 Å². The molecule has 7 rings (SSSR count). The molecule has 0 atom stereocenters. The number of aliphatic hydroxyl groups excluding tert-OH is 1. The van der Waals surface area contributed by atoms with Crippen molar-refractivity contribution in [2.45, 2.75) is 105 Å². The molecule has 2 aliphatic rings. The molecule has 0 radical (unpaired) electrons. The summed E-state index contributed by atoms with van der Waals surface area (Å²) in [5.41, 5.74) is 12.2. The number of ketones is 1. The molecule has 60 heavy (non-hydrogen) atoms. The highest BCUT2D eigenvalue weighted by molar-refractivity contribution is 8.16. The number of thioether (sulfide) groups is 1. The van der Waals surface area contributed by atoms with Crippen LogP contribution in [-0.4, -0.2) is 10.9 Å². The van der Waals surface area contributed by atoms with E-state index in [0.29, 0.717) is 11.1 Å². The van der Waals surface area contributed by atoms with Gasteiger partial charge < -0.3 is 5.11 Å². The van der Waals surface area contributed by atoms with Crippen LogP contribution in [0.25, 0.3) is 36.8 Å². The van der Waals surface area contributed by atoms with Gasteiger partial charge in [-0.25, -0.2) is 0 Å². The van der Waals surface area contributed by atoms with Crippen LogP contribution >= 0.6 is 23.1 Å². The molecule has 0 fully saturated rings. The van der Waals surface area contributed by atoms with Crippen molar-refractivity contribution < 1.29 is 9.90 Å². The Morgan fingerprint density at radius 1 is 0.483 bits per heavy atom. The molecule has 5 aromatic rings. The van der Waals surface area contributed by atoms with Crippen LogP contribution in [0, 0.1) is 0 Å². The maximum Gasteiger partial charge on any atom is 0.239 e. The second-order valence-corrected chi connectivity index (χ2v) is 22.5. The molecule has 1 aromatic heterocycles. The van der Waals surface area contributed by atoms with Gasteiger partial charge >= 0.3 is 0 Å². The number of allylic oxidation sites excluding steroid dienone is 6. The third-order valence-electron chi connectivity index (χ3n) is 11.4. The minimum absolute atomic E-state index is 0.0272. The summed E-state index contributed by atoms with van der Waals surface area (Å²) in [6, 6.07) is 39.5. The molecule has 4 heteroatoms. The van der Waals surface area contributed by atoms with E-state index in [9.17, 15) is 9.90 Å². The molecule has 2 heterocycles. The molecule has 0 spiro atoms. The zero-order chi connectivity index (χ0) is 43.4. The Kier molecular flexibility index (Phi) is 11.6. The molecule has 0 amide bonds. The van der Waals surface area contributed by atoms with Crippen molar-refractivity contribution in [3.05, 3.63) is 189 Å². The second kappa shape index (κ2) is 16.1. The quantitative estimate of drug-likeness (QED) is 0.137. The predicted octanol–water partition coefficient (Wildman–Crippen LogP) is 16.1. The van der Waals surface area contributed by atoms with Crippen molar-refractivity contribution in [3.8, 4) is 20.9 Å². The normalized spacial score (nSPS) is 15.8. The molecule has 0 saturated heterocycles. The molecular formula is C56H59O2S2+. The standard InChI is InChI=1S/C56H58O2S2/c1-53(2,3)41-21-13-37(14-22-41)47-31-35(32-48(59-47)38-15-23-42(24-16-38)54(4,5)6)29-45-51(57)46(52(45)58)30-36-33-49(39-17-25-43(26-18-39)55(7,8)9)60-50(34-36)40-19-27-44(28-20-40)56(10,11)12/h13-34H,1-12H3/p+1. The van der Waals surface area contributed by atoms with Crippen molar-refractivity contribution in [1.29, 1.82) is 0 Å². The summed E-state index contributed by atoms with van der Waals surface area (Å²) in [5, 5.41) is 11.6. The smallest absolute Gasteiger partial charge is 0.239 e. The Hall–Kier alpha value is -5.03. The minimum atomic E-state index is -0.160. The van der Waals surface area contributed by atoms with E-state index in [4.69, 9.17) is 0 Å². The molecule has 1 aliphatic heterocycles. The molecule has 1 N–H and O–H groups in total. The number of hydrogen-bond acceptors (Lipinski definition) is 3. The summed E-state index contributed by atoms with van der Waals surface area (Å²) in [6.07, 6.45) is 7.95. The molecule has 4 aromatic carbocycles. The molecule has 0 bridgehead atoms. The minimum Gasteiger partial charge on any atom is -0.506 e. The van der Waals surface area contributed by atoms with Gasteiger partial charge in [0.1, 0.15) is 5.76 Å². The number of benzene rings is 4. The lowest BCUT2D eigenvalue weighted by atomic mass is 9.85. The highest BCUT2D eigenvalue weighted by atomic mass is 32.2. The van der Waals surface area contributed by atoms with Gasteiger partial charge in [-0.1, -0.05) is 168 Å². The Morgan fingerprint density at radius 2 is 0.817 bits per heavy atom. The van der Waals surface area contributed by atoms with E-state index in [1.54, 1.807) is 23.1 Å². The largest absolute Gasteiger partial charge is 0.506 e. The van der Waals surface area contributed by atoms with Crippen LogP contribution in [0.4, 0.5) is 0 Å². The predicted molar refractivity (Wildman–Crippen MR) is 262 cm³/mol. The van der Waals surface area contributed by atoms with Gasteiger partial charge in [0, 0.05) is 33.1 Å². The van der Waals surface area contributed by atoms with E-state index in [0.717, 1.165) is 53.0 Å². The van der Waals surface area contributed by atoms with E-state index in [2.05, 4.69) is 204 Å². The first kappa shape index (κ1) is 43.1. The van der Waals surface area contributed by atoms with E-state index >= 15 is 0 Å². The molecule has 1 aliphatic carbocycles. The van der Waals surface area contributed by atoms with Crippen molar-refractivity contribution in [2.75, 3.05) is 0 Å². The zero-order valence-corrected chi connectivity index (χ0v) is 39.0. The average molecular weight is 828 g/mol. The third kappa shape index (κ3) is 9.46. The van der Waals surface area contributed by atoms with Crippen LogP contribution in [0.1, 0.15) is 122 Å². The second-order valence-electron chi connectivity index (χ2n) is 20.3. The average Bonchev–Trinajstić information content (AvgIpc) is 3.20. The van der Waals surface area contributed by atoms with Gasteiger partial charge in [-0.15, -0.1) is 0 Å². The molecule has 306 valence electrons. The SMILES string of the molecule is CC(C)(C)c1ccc(C2=CC(=CC3=C(O)/C(=C/c4cc(-c5ccc(C(C)(C)C)cc5)[s+]c(-c5ccc(C(C)(C)C)cc5)c4)C3=O)C=C(c3ccc(C(C)(C)C)cc3)S2)cc1. The van der Waals surface area contributed by atoms with Gasteiger partial charge in [-0.3, -0.25) is 4.79 Å². The fraction of sp³-hybridized carbons (Fsp3) is 0.286. The Balaban J connectivity index is 1.28. The van der Waals surface area contributed by atoms with Crippen LogP contribution in [0.5, 0.6) is 0 Å². The number of carbonyl (C=O) groups is 1. The lowest BCUT2D eigenvalue weighted by molar-refractivity contribution is -0.113. The fourth-order valence-electron chi connectivity index (χ4n) is 7.36. The fourth-order valence-corrected chi connectivity index (χ4v) is 9.63. The molecule has 2 nitrogen and oxygen atoms in total. The van der Waals surface area contributed by atoms with Crippen LogP contribution < -0.4 is 0 Å². The maximum absolute atomic E-state index is 14.0. The summed E-state index contributed by atoms with van der Waals surface area (Å²) < 4.78 is 0. The van der Waals surface area contributed by atoms with Gasteiger partial charge in [-0.05, 0) is 115 Å². The van der Waals surface area contributed by atoms with Crippen LogP contribution in [-0.2, 0) is 26.5 Å². The highest BCUT2D eigenvalue weighted by Gasteiger charge is 2.33. The Bertz CT molecular complexity index is 2450. The number of hydrogen-bond donors (Lipinski definition) is 1. The van der Waals surface area contributed by atoms with E-state index in [-0.39, 0.29) is 33.2 Å². The molecule has 0 saturated carbocycles. The number of aliphatic hydroxyl groups is 1. The topological polar surface area (TPSA) is 37.3 Å². The van der Waals surface area contributed by atoms with Crippen LogP contribution in [0.2, 0.25) is 0 Å². The van der Waals surface area contributed by atoms with Gasteiger partial charge in [0.15, 0.2) is 0 Å². The van der Waals surface area contributed by atoms with Crippen molar-refractivity contribution in [1.82, 2.24) is 0 Å². The monoisotopic (exact) mass is 827 g/mol. The Labute approximate surface area is 367 Å². The summed E-state index contributed by atoms with van der Waals surface area (Å²) in [7, 11) is 0. The molecule has 0 unspecified atom stereocenters. The highest BCUT2D eigenvalue weighted by Crippen LogP contribution is 2.46. The summed E-state index contributed by atoms with van der Waals surface area (Å²) in [6.45, 7) is 26.7. The lowest BCUT2D eigenvalue weighted by Crippen LogP contribution is -2.21. The van der Waals surface area contributed by atoms with Gasteiger partial charge in [0.25, 0.3) is 0 Å². The van der Waals surface area contributed by atoms with Crippen LogP contribution in [0.15, 0.2) is 150 Å². The van der Waals surface area contributed by atoms with Gasteiger partial charge in [-0.2, -0.15) is 0 Å². The number of Topliss-reactive ketones (excluding diaryl/α,β-unsaturated/α-hetero) is 1. The van der Waals surface area contributed by atoms with Gasteiger partial charge in [0.2, 0.25) is 26.9 Å². The summed E-state index contributed by atoms with van der Waals surface area (Å²) in [5.74, 6) is -0.133. The van der Waals surface area contributed by atoms with Crippen molar-refractivity contribution >= 4 is 44.8 Å². The zero-order valence-electron chi connectivity index (χ0n) is 37.4.